The van der Waals surface area contributed by atoms with E-state index < -0.39 is 0 Å². The highest BCUT2D eigenvalue weighted by atomic mass is 16.5. The van der Waals surface area contributed by atoms with Crippen LogP contribution in [0.1, 0.15) is 11.6 Å². The van der Waals surface area contributed by atoms with E-state index in [9.17, 15) is 5.11 Å². The van der Waals surface area contributed by atoms with Gasteiger partial charge in [0, 0.05) is 31.7 Å². The number of nitrogens with zero attached hydrogens (tertiary/aromatic N) is 1. The zero-order valence-electron chi connectivity index (χ0n) is 10.7. The quantitative estimate of drug-likeness (QED) is 0.793. The predicted molar refractivity (Wildman–Crippen MR) is 72.0 cm³/mol. The van der Waals surface area contributed by atoms with Crippen LogP contribution in [0.4, 0.5) is 0 Å². The first kappa shape index (κ1) is 12.9. The molecule has 1 aliphatic rings. The summed E-state index contributed by atoms with van der Waals surface area (Å²) in [4.78, 5) is 2.30. The number of nitrogens with one attached hydrogen (secondary N) is 1. The molecule has 4 nitrogen and oxygen atoms in total. The Kier molecular flexibility index (Phi) is 4.23. The van der Waals surface area contributed by atoms with Crippen molar-refractivity contribution in [1.29, 1.82) is 0 Å². The van der Waals surface area contributed by atoms with Gasteiger partial charge in [-0.05, 0) is 6.07 Å². The Labute approximate surface area is 108 Å². The van der Waals surface area contributed by atoms with E-state index >= 15 is 0 Å². The van der Waals surface area contributed by atoms with Gasteiger partial charge in [-0.3, -0.25) is 4.90 Å². The maximum absolute atomic E-state index is 10.2. The molecule has 0 spiro atoms. The number of methoxy groups -OCH3 is 1. The minimum Gasteiger partial charge on any atom is -0.504 e. The molecule has 0 unspecified atom stereocenters. The van der Waals surface area contributed by atoms with Crippen LogP contribution in [0.3, 0.4) is 0 Å². The van der Waals surface area contributed by atoms with Gasteiger partial charge >= 0.3 is 0 Å². The first-order chi connectivity index (χ1) is 8.77. The van der Waals surface area contributed by atoms with Crippen LogP contribution in [0.25, 0.3) is 0 Å². The lowest BCUT2D eigenvalue weighted by atomic mass is 10.0. The second-order valence-electron chi connectivity index (χ2n) is 4.36. The van der Waals surface area contributed by atoms with Crippen molar-refractivity contribution in [2.24, 2.45) is 0 Å². The normalized spacial score (nSPS) is 18.3. The summed E-state index contributed by atoms with van der Waals surface area (Å²) < 4.78 is 5.15. The summed E-state index contributed by atoms with van der Waals surface area (Å²) in [6.45, 7) is 7.73. The highest BCUT2D eigenvalue weighted by Gasteiger charge is 2.22. The fourth-order valence-electron chi connectivity index (χ4n) is 2.38. The lowest BCUT2D eigenvalue weighted by molar-refractivity contribution is 0.200. The highest BCUT2D eigenvalue weighted by molar-refractivity contribution is 5.47. The third-order valence-corrected chi connectivity index (χ3v) is 3.34. The van der Waals surface area contributed by atoms with Crippen molar-refractivity contribution in [1.82, 2.24) is 10.2 Å². The molecule has 2 rings (SSSR count). The van der Waals surface area contributed by atoms with Gasteiger partial charge < -0.3 is 15.2 Å². The van der Waals surface area contributed by atoms with Crippen molar-refractivity contribution >= 4 is 0 Å². The van der Waals surface area contributed by atoms with E-state index in [1.54, 1.807) is 13.2 Å². The lowest BCUT2D eigenvalue weighted by Crippen LogP contribution is -2.44. The maximum atomic E-state index is 10.2. The monoisotopic (exact) mass is 248 g/mol. The summed E-state index contributed by atoms with van der Waals surface area (Å²) >= 11 is 0. The summed E-state index contributed by atoms with van der Waals surface area (Å²) in [7, 11) is 1.56. The minimum absolute atomic E-state index is 0.0298. The topological polar surface area (TPSA) is 44.7 Å². The molecule has 0 amide bonds. The molecule has 1 atom stereocenters. The Morgan fingerprint density at radius 1 is 1.44 bits per heavy atom. The van der Waals surface area contributed by atoms with Crippen LogP contribution < -0.4 is 10.1 Å². The Hall–Kier alpha value is -1.52. The van der Waals surface area contributed by atoms with Crippen LogP contribution in [0, 0.1) is 0 Å². The van der Waals surface area contributed by atoms with Crippen molar-refractivity contribution < 1.29 is 9.84 Å². The van der Waals surface area contributed by atoms with Gasteiger partial charge in [-0.25, -0.2) is 0 Å². The van der Waals surface area contributed by atoms with E-state index in [-0.39, 0.29) is 11.8 Å². The number of rotatable bonds is 4. The average molecular weight is 248 g/mol. The number of benzene rings is 1. The number of hydrogen-bond acceptors (Lipinski definition) is 4. The molecule has 98 valence electrons. The van der Waals surface area contributed by atoms with Crippen LogP contribution in [0.15, 0.2) is 30.9 Å². The van der Waals surface area contributed by atoms with Crippen LogP contribution in [0.2, 0.25) is 0 Å². The predicted octanol–water partition coefficient (Wildman–Crippen LogP) is 1.53. The van der Waals surface area contributed by atoms with Gasteiger partial charge in [0.05, 0.1) is 13.2 Å². The molecule has 1 saturated heterocycles. The third-order valence-electron chi connectivity index (χ3n) is 3.34. The SMILES string of the molecule is C=C[C@H](c1cccc(OC)c1O)N1CCNCC1. The minimum atomic E-state index is 0.0298. The van der Waals surface area contributed by atoms with Gasteiger partial charge in [0.1, 0.15) is 0 Å². The second kappa shape index (κ2) is 5.89. The van der Waals surface area contributed by atoms with Gasteiger partial charge in [-0.15, -0.1) is 6.58 Å². The van der Waals surface area contributed by atoms with E-state index in [1.165, 1.54) is 0 Å². The van der Waals surface area contributed by atoms with Crippen LogP contribution in [0.5, 0.6) is 11.5 Å². The molecule has 2 N–H and O–H groups in total. The largest absolute Gasteiger partial charge is 0.504 e. The fourth-order valence-corrected chi connectivity index (χ4v) is 2.38. The molecule has 18 heavy (non-hydrogen) atoms. The highest BCUT2D eigenvalue weighted by Crippen LogP contribution is 2.36. The zero-order valence-corrected chi connectivity index (χ0v) is 10.7. The molecular formula is C14H20N2O2. The van der Waals surface area contributed by atoms with Gasteiger partial charge in [-0.2, -0.15) is 0 Å². The summed E-state index contributed by atoms with van der Waals surface area (Å²) in [6, 6.07) is 5.61. The first-order valence-corrected chi connectivity index (χ1v) is 6.21. The molecule has 0 radical (unpaired) electrons. The Bertz CT molecular complexity index is 414. The molecule has 0 saturated carbocycles. The van der Waals surface area contributed by atoms with E-state index in [0.717, 1.165) is 31.7 Å². The van der Waals surface area contributed by atoms with Gasteiger partial charge in [-0.1, -0.05) is 18.2 Å². The van der Waals surface area contributed by atoms with Gasteiger partial charge in [0.25, 0.3) is 0 Å². The van der Waals surface area contributed by atoms with E-state index in [4.69, 9.17) is 4.74 Å². The average Bonchev–Trinajstić information content (AvgIpc) is 2.43. The molecule has 1 aliphatic heterocycles. The Balaban J connectivity index is 2.29. The molecule has 1 aromatic carbocycles. The summed E-state index contributed by atoms with van der Waals surface area (Å²) in [5.41, 5.74) is 0.853. The maximum Gasteiger partial charge on any atom is 0.162 e. The summed E-state index contributed by atoms with van der Waals surface area (Å²) in [5, 5.41) is 13.5. The number of hydrogen-bond donors (Lipinski definition) is 2. The van der Waals surface area contributed by atoms with Gasteiger partial charge in [0.15, 0.2) is 11.5 Å². The first-order valence-electron chi connectivity index (χ1n) is 6.21. The van der Waals surface area contributed by atoms with Gasteiger partial charge in [0.2, 0.25) is 0 Å². The third kappa shape index (κ3) is 2.49. The standard InChI is InChI=1S/C14H20N2O2/c1-3-12(16-9-7-15-8-10-16)11-5-4-6-13(18-2)14(11)17/h3-6,12,15,17H,1,7-10H2,2H3/t12-/m1/s1. The molecule has 0 bridgehead atoms. The van der Waals surface area contributed by atoms with E-state index in [2.05, 4.69) is 16.8 Å². The van der Waals surface area contributed by atoms with E-state index in [0.29, 0.717) is 5.75 Å². The molecule has 4 heteroatoms. The van der Waals surface area contributed by atoms with Crippen molar-refractivity contribution in [3.63, 3.8) is 0 Å². The number of phenols is 1. The number of ether oxygens (including phenoxy) is 1. The lowest BCUT2D eigenvalue weighted by Gasteiger charge is -2.33. The van der Waals surface area contributed by atoms with Crippen molar-refractivity contribution in [3.8, 4) is 11.5 Å². The smallest absolute Gasteiger partial charge is 0.162 e. The number of piperazine rings is 1. The summed E-state index contributed by atoms with van der Waals surface area (Å²) in [5.74, 6) is 0.720. The fraction of sp³-hybridized carbons (Fsp3) is 0.429. The molecule has 1 aromatic rings. The van der Waals surface area contributed by atoms with Crippen molar-refractivity contribution in [2.75, 3.05) is 33.3 Å². The van der Waals surface area contributed by atoms with E-state index in [1.807, 2.05) is 18.2 Å². The second-order valence-corrected chi connectivity index (χ2v) is 4.36. The zero-order chi connectivity index (χ0) is 13.0. The molecule has 0 aliphatic carbocycles. The summed E-state index contributed by atoms with van der Waals surface area (Å²) in [6.07, 6.45) is 1.87. The molecule has 1 fully saturated rings. The number of para-hydroxylation sites is 1. The van der Waals surface area contributed by atoms with Crippen molar-refractivity contribution in [2.45, 2.75) is 6.04 Å². The Morgan fingerprint density at radius 2 is 2.17 bits per heavy atom. The van der Waals surface area contributed by atoms with Crippen LogP contribution >= 0.6 is 0 Å². The Morgan fingerprint density at radius 3 is 2.78 bits per heavy atom. The number of aromatic hydroxyl groups is 1. The molecule has 1 heterocycles. The van der Waals surface area contributed by atoms with Crippen LogP contribution in [-0.2, 0) is 0 Å². The molecular weight excluding hydrogens is 228 g/mol. The number of phenolic OH excluding ortho intramolecular Hbond substituents is 1. The van der Waals surface area contributed by atoms with Crippen molar-refractivity contribution in [3.05, 3.63) is 36.4 Å². The van der Waals surface area contributed by atoms with Crippen LogP contribution in [-0.4, -0.2) is 43.3 Å². The molecule has 0 aromatic heterocycles.